The number of aryl methyl sites for hydroxylation is 3. The first-order valence-electron chi connectivity index (χ1n) is 7.13. The Morgan fingerprint density at radius 1 is 1.09 bits per heavy atom. The maximum atomic E-state index is 12.3. The third-order valence-electron chi connectivity index (χ3n) is 3.41. The first kappa shape index (κ1) is 16.2. The van der Waals surface area contributed by atoms with Crippen LogP contribution in [0.25, 0.3) is 0 Å². The molecule has 2 aromatic carbocycles. The number of nitrogens with zero attached hydrogens (tertiary/aromatic N) is 1. The third-order valence-corrected chi connectivity index (χ3v) is 4.77. The van der Waals surface area contributed by atoms with Crippen molar-refractivity contribution in [3.8, 4) is 0 Å². The second kappa shape index (κ2) is 6.75. The largest absolute Gasteiger partial charge is 0.276 e. The predicted molar refractivity (Wildman–Crippen MR) is 89.7 cm³/mol. The van der Waals surface area contributed by atoms with Crippen LogP contribution in [0.4, 0.5) is 0 Å². The van der Waals surface area contributed by atoms with Crippen LogP contribution < -0.4 is 4.83 Å². The molecule has 0 aliphatic heterocycles. The fourth-order valence-corrected chi connectivity index (χ4v) is 3.18. The van der Waals surface area contributed by atoms with Crippen molar-refractivity contribution in [3.05, 3.63) is 64.7 Å². The number of hydrogen-bond acceptors (Lipinski definition) is 3. The van der Waals surface area contributed by atoms with E-state index in [-0.39, 0.29) is 4.90 Å². The van der Waals surface area contributed by atoms with Gasteiger partial charge in [-0.05, 0) is 48.6 Å². The molecule has 2 aromatic rings. The van der Waals surface area contributed by atoms with Crippen LogP contribution in [0.15, 0.2) is 52.5 Å². The molecular weight excluding hydrogens is 296 g/mol. The molecule has 0 amide bonds. The van der Waals surface area contributed by atoms with E-state index in [9.17, 15) is 8.42 Å². The molecule has 0 atom stereocenters. The smallest absolute Gasteiger partial charge is 0.200 e. The van der Waals surface area contributed by atoms with Gasteiger partial charge in [0.2, 0.25) is 0 Å². The first-order chi connectivity index (χ1) is 10.4. The van der Waals surface area contributed by atoms with Crippen LogP contribution in [0.5, 0.6) is 0 Å². The van der Waals surface area contributed by atoms with Gasteiger partial charge in [0.05, 0.1) is 11.1 Å². The molecule has 0 spiro atoms. The number of nitrogens with one attached hydrogen (secondary N) is 1. The van der Waals surface area contributed by atoms with E-state index >= 15 is 0 Å². The van der Waals surface area contributed by atoms with E-state index in [0.29, 0.717) is 5.56 Å². The van der Waals surface area contributed by atoms with Crippen LogP contribution in [0.1, 0.15) is 29.2 Å². The van der Waals surface area contributed by atoms with Gasteiger partial charge in [0.1, 0.15) is 0 Å². The number of sulfonamides is 1. The fourth-order valence-electron chi connectivity index (χ4n) is 2.06. The summed E-state index contributed by atoms with van der Waals surface area (Å²) in [4.78, 5) is 2.52. The lowest BCUT2D eigenvalue weighted by atomic mass is 10.1. The van der Waals surface area contributed by atoms with E-state index in [1.54, 1.807) is 19.1 Å². The highest BCUT2D eigenvalue weighted by atomic mass is 32.2. The summed E-state index contributed by atoms with van der Waals surface area (Å²) in [6.07, 6.45) is 2.47. The summed E-state index contributed by atoms with van der Waals surface area (Å²) in [5.74, 6) is 0. The van der Waals surface area contributed by atoms with Crippen LogP contribution in [0.2, 0.25) is 0 Å². The number of hydrazone groups is 1. The van der Waals surface area contributed by atoms with Gasteiger partial charge in [0.25, 0.3) is 10.0 Å². The summed E-state index contributed by atoms with van der Waals surface area (Å²) in [7, 11) is -3.64. The van der Waals surface area contributed by atoms with E-state index < -0.39 is 10.0 Å². The summed E-state index contributed by atoms with van der Waals surface area (Å²) >= 11 is 0. The number of benzene rings is 2. The SMILES string of the molecule is CCc1ccc(/C=N/NS(=O)(=O)c2cc(C)ccc2C)cc1. The molecule has 0 heterocycles. The zero-order valence-electron chi connectivity index (χ0n) is 13.0. The quantitative estimate of drug-likeness (QED) is 0.680. The summed E-state index contributed by atoms with van der Waals surface area (Å²) in [5.41, 5.74) is 3.67. The zero-order chi connectivity index (χ0) is 16.2. The second-order valence-electron chi connectivity index (χ2n) is 5.22. The van der Waals surface area contributed by atoms with E-state index in [0.717, 1.165) is 17.5 Å². The van der Waals surface area contributed by atoms with Crippen molar-refractivity contribution in [1.82, 2.24) is 4.83 Å². The Kier molecular flexibility index (Phi) is 4.98. The van der Waals surface area contributed by atoms with Crippen LogP contribution in [0, 0.1) is 13.8 Å². The molecule has 4 nitrogen and oxygen atoms in total. The van der Waals surface area contributed by atoms with Gasteiger partial charge in [0, 0.05) is 0 Å². The molecule has 116 valence electrons. The Morgan fingerprint density at radius 2 is 1.77 bits per heavy atom. The van der Waals surface area contributed by atoms with Gasteiger partial charge in [-0.3, -0.25) is 0 Å². The average molecular weight is 316 g/mol. The zero-order valence-corrected chi connectivity index (χ0v) is 13.8. The van der Waals surface area contributed by atoms with Gasteiger partial charge >= 0.3 is 0 Å². The first-order valence-corrected chi connectivity index (χ1v) is 8.62. The van der Waals surface area contributed by atoms with Crippen molar-refractivity contribution in [2.45, 2.75) is 32.1 Å². The fraction of sp³-hybridized carbons (Fsp3) is 0.235. The normalized spacial score (nSPS) is 11.8. The minimum atomic E-state index is -3.64. The van der Waals surface area contributed by atoms with Crippen molar-refractivity contribution < 1.29 is 8.42 Å². The van der Waals surface area contributed by atoms with Crippen molar-refractivity contribution in [2.75, 3.05) is 0 Å². The molecule has 0 aromatic heterocycles. The Labute approximate surface area is 131 Å². The van der Waals surface area contributed by atoms with E-state index in [2.05, 4.69) is 16.9 Å². The molecule has 2 rings (SSSR count). The molecule has 0 radical (unpaired) electrons. The molecule has 22 heavy (non-hydrogen) atoms. The van der Waals surface area contributed by atoms with Crippen molar-refractivity contribution in [2.24, 2.45) is 5.10 Å². The molecule has 0 aliphatic carbocycles. The van der Waals surface area contributed by atoms with Gasteiger partial charge in [-0.25, -0.2) is 4.83 Å². The molecule has 5 heteroatoms. The molecule has 0 unspecified atom stereocenters. The summed E-state index contributed by atoms with van der Waals surface area (Å²) in [6.45, 7) is 5.71. The van der Waals surface area contributed by atoms with Crippen molar-refractivity contribution in [3.63, 3.8) is 0 Å². The lowest BCUT2D eigenvalue weighted by Crippen LogP contribution is -2.19. The summed E-state index contributed by atoms with van der Waals surface area (Å²) < 4.78 is 24.5. The minimum absolute atomic E-state index is 0.256. The summed E-state index contributed by atoms with van der Waals surface area (Å²) in [5, 5.41) is 3.85. The van der Waals surface area contributed by atoms with Crippen LogP contribution in [-0.2, 0) is 16.4 Å². The molecule has 0 bridgehead atoms. The average Bonchev–Trinajstić information content (AvgIpc) is 2.50. The van der Waals surface area contributed by atoms with Gasteiger partial charge < -0.3 is 0 Å². The maximum absolute atomic E-state index is 12.3. The van der Waals surface area contributed by atoms with Gasteiger partial charge in [-0.15, -0.1) is 0 Å². The minimum Gasteiger partial charge on any atom is -0.200 e. The standard InChI is InChI=1S/C17H20N2O2S/c1-4-15-7-9-16(10-8-15)12-18-19-22(20,21)17-11-13(2)5-6-14(17)3/h5-12,19H,4H2,1-3H3/b18-12+. The van der Waals surface area contributed by atoms with Gasteiger partial charge in [0.15, 0.2) is 0 Å². The molecule has 0 fully saturated rings. The summed E-state index contributed by atoms with van der Waals surface area (Å²) in [6, 6.07) is 13.1. The monoisotopic (exact) mass is 316 g/mol. The van der Waals surface area contributed by atoms with Gasteiger partial charge in [-0.2, -0.15) is 13.5 Å². The van der Waals surface area contributed by atoms with E-state index in [1.807, 2.05) is 37.3 Å². The highest BCUT2D eigenvalue weighted by Crippen LogP contribution is 2.16. The van der Waals surface area contributed by atoms with Crippen molar-refractivity contribution >= 4 is 16.2 Å². The van der Waals surface area contributed by atoms with Gasteiger partial charge in [-0.1, -0.05) is 43.3 Å². The number of rotatable bonds is 5. The van der Waals surface area contributed by atoms with Crippen LogP contribution >= 0.6 is 0 Å². The maximum Gasteiger partial charge on any atom is 0.276 e. The molecule has 0 aliphatic rings. The predicted octanol–water partition coefficient (Wildman–Crippen LogP) is 3.18. The Bertz CT molecular complexity index is 779. The lowest BCUT2D eigenvalue weighted by molar-refractivity contribution is 0.584. The molecule has 1 N–H and O–H groups in total. The highest BCUT2D eigenvalue weighted by Gasteiger charge is 2.15. The number of hydrogen-bond donors (Lipinski definition) is 1. The Morgan fingerprint density at radius 3 is 2.41 bits per heavy atom. The van der Waals surface area contributed by atoms with Crippen molar-refractivity contribution in [1.29, 1.82) is 0 Å². The Hall–Kier alpha value is -2.14. The molecular formula is C17H20N2O2S. The van der Waals surface area contributed by atoms with E-state index in [1.165, 1.54) is 11.8 Å². The lowest BCUT2D eigenvalue weighted by Gasteiger charge is -2.07. The molecule has 0 saturated carbocycles. The van der Waals surface area contributed by atoms with Crippen LogP contribution in [-0.4, -0.2) is 14.6 Å². The third kappa shape index (κ3) is 3.95. The van der Waals surface area contributed by atoms with Crippen LogP contribution in [0.3, 0.4) is 0 Å². The highest BCUT2D eigenvalue weighted by molar-refractivity contribution is 7.89. The van der Waals surface area contributed by atoms with E-state index in [4.69, 9.17) is 0 Å². The Balaban J connectivity index is 2.15. The second-order valence-corrected chi connectivity index (χ2v) is 6.85. The topological polar surface area (TPSA) is 58.5 Å². The molecule has 0 saturated heterocycles.